The van der Waals surface area contributed by atoms with Crippen LogP contribution >= 0.6 is 22.7 Å². The number of carbonyl (C=O) groups is 2. The molecule has 0 atom stereocenters. The van der Waals surface area contributed by atoms with E-state index >= 15 is 0 Å². The highest BCUT2D eigenvalue weighted by atomic mass is 32.1. The molecule has 26 heavy (non-hydrogen) atoms. The number of carbonyl (C=O) groups excluding carboxylic acids is 2. The topological polar surface area (TPSA) is 71.1 Å². The Bertz CT molecular complexity index is 888. The predicted octanol–water partition coefficient (Wildman–Crippen LogP) is 4.73. The number of rotatable bonds is 7. The van der Waals surface area contributed by atoms with Gasteiger partial charge in [-0.3, -0.25) is 14.9 Å². The van der Waals surface area contributed by atoms with Crippen molar-refractivity contribution in [3.05, 3.63) is 63.3 Å². The summed E-state index contributed by atoms with van der Waals surface area (Å²) >= 11 is 3.13. The number of aryl methyl sites for hydroxylation is 2. The van der Waals surface area contributed by atoms with Gasteiger partial charge in [-0.2, -0.15) is 0 Å². The number of hydrogen-bond donors (Lipinski definition) is 2. The molecule has 0 bridgehead atoms. The first-order valence-electron chi connectivity index (χ1n) is 8.26. The second kappa shape index (κ2) is 8.73. The highest BCUT2D eigenvalue weighted by Gasteiger charge is 2.10. The van der Waals surface area contributed by atoms with Crippen LogP contribution in [0.2, 0.25) is 0 Å². The average Bonchev–Trinajstić information content (AvgIpc) is 3.27. The van der Waals surface area contributed by atoms with Gasteiger partial charge in [-0.1, -0.05) is 12.1 Å². The molecular formula is C19H19N3O2S2. The monoisotopic (exact) mass is 385 g/mol. The van der Waals surface area contributed by atoms with Crippen LogP contribution in [0.25, 0.3) is 0 Å². The Kier molecular flexibility index (Phi) is 6.14. The molecule has 134 valence electrons. The van der Waals surface area contributed by atoms with Gasteiger partial charge in [-0.15, -0.1) is 22.7 Å². The third-order valence-corrected chi connectivity index (χ3v) is 5.42. The van der Waals surface area contributed by atoms with Gasteiger partial charge in [0.25, 0.3) is 5.91 Å². The van der Waals surface area contributed by atoms with Gasteiger partial charge < -0.3 is 5.32 Å². The van der Waals surface area contributed by atoms with Crippen LogP contribution in [0.15, 0.2) is 48.0 Å². The number of anilines is 2. The van der Waals surface area contributed by atoms with Crippen molar-refractivity contribution in [2.24, 2.45) is 0 Å². The van der Waals surface area contributed by atoms with Crippen molar-refractivity contribution in [1.29, 1.82) is 0 Å². The predicted molar refractivity (Wildman–Crippen MR) is 107 cm³/mol. The van der Waals surface area contributed by atoms with Crippen LogP contribution in [0.5, 0.6) is 0 Å². The van der Waals surface area contributed by atoms with Crippen molar-refractivity contribution in [2.45, 2.75) is 26.2 Å². The summed E-state index contributed by atoms with van der Waals surface area (Å²) in [7, 11) is 0. The molecule has 0 aliphatic rings. The Hall–Kier alpha value is -2.51. The molecule has 1 aromatic carbocycles. The minimum Gasteiger partial charge on any atom is -0.326 e. The molecule has 3 aromatic rings. The maximum absolute atomic E-state index is 12.3. The SMILES string of the molecule is Cc1cnc(NC(=O)c2cccc(NC(=O)CCCc3cccs3)c2)s1. The first-order chi connectivity index (χ1) is 12.6. The Morgan fingerprint density at radius 1 is 1.15 bits per heavy atom. The van der Waals surface area contributed by atoms with E-state index in [-0.39, 0.29) is 11.8 Å². The summed E-state index contributed by atoms with van der Waals surface area (Å²) in [5.41, 5.74) is 1.10. The Morgan fingerprint density at radius 3 is 2.77 bits per heavy atom. The third kappa shape index (κ3) is 5.24. The Labute approximate surface area is 160 Å². The van der Waals surface area contributed by atoms with Gasteiger partial charge in [0.2, 0.25) is 5.91 Å². The smallest absolute Gasteiger partial charge is 0.257 e. The van der Waals surface area contributed by atoms with E-state index < -0.39 is 0 Å². The van der Waals surface area contributed by atoms with Gasteiger partial charge in [-0.25, -0.2) is 4.98 Å². The molecule has 0 fully saturated rings. The summed E-state index contributed by atoms with van der Waals surface area (Å²) < 4.78 is 0. The van der Waals surface area contributed by atoms with Crippen LogP contribution in [0.3, 0.4) is 0 Å². The fraction of sp³-hybridized carbons (Fsp3) is 0.211. The van der Waals surface area contributed by atoms with Crippen LogP contribution in [0.1, 0.15) is 33.0 Å². The van der Waals surface area contributed by atoms with Gasteiger partial charge in [0.05, 0.1) is 0 Å². The number of amides is 2. The maximum atomic E-state index is 12.3. The lowest BCUT2D eigenvalue weighted by molar-refractivity contribution is -0.116. The molecule has 2 N–H and O–H groups in total. The van der Waals surface area contributed by atoms with E-state index in [4.69, 9.17) is 0 Å². The van der Waals surface area contributed by atoms with Crippen molar-refractivity contribution >= 4 is 45.3 Å². The summed E-state index contributed by atoms with van der Waals surface area (Å²) in [5, 5.41) is 8.23. The average molecular weight is 386 g/mol. The lowest BCUT2D eigenvalue weighted by Gasteiger charge is -2.07. The molecule has 2 amide bonds. The zero-order valence-corrected chi connectivity index (χ0v) is 16.0. The molecule has 3 rings (SSSR count). The summed E-state index contributed by atoms with van der Waals surface area (Å²) in [5.74, 6) is -0.289. The number of nitrogens with zero attached hydrogens (tertiary/aromatic N) is 1. The first-order valence-corrected chi connectivity index (χ1v) is 9.96. The Morgan fingerprint density at radius 2 is 2.04 bits per heavy atom. The molecule has 0 saturated heterocycles. The van der Waals surface area contributed by atoms with Gasteiger partial charge in [0.15, 0.2) is 5.13 Å². The molecule has 2 aromatic heterocycles. The van der Waals surface area contributed by atoms with Crippen LogP contribution in [-0.2, 0) is 11.2 Å². The van der Waals surface area contributed by atoms with Gasteiger partial charge in [-0.05, 0) is 49.4 Å². The molecular weight excluding hydrogens is 366 g/mol. The molecule has 7 heteroatoms. The summed E-state index contributed by atoms with van der Waals surface area (Å²) in [4.78, 5) is 30.8. The van der Waals surface area contributed by atoms with E-state index in [2.05, 4.69) is 21.7 Å². The number of nitrogens with one attached hydrogen (secondary N) is 2. The number of hydrogen-bond acceptors (Lipinski definition) is 5. The summed E-state index contributed by atoms with van der Waals surface area (Å²) in [6.07, 6.45) is 3.87. The van der Waals surface area contributed by atoms with Crippen LogP contribution < -0.4 is 10.6 Å². The fourth-order valence-electron chi connectivity index (χ4n) is 2.42. The number of thiophene rings is 1. The van der Waals surface area contributed by atoms with E-state index in [1.165, 1.54) is 16.2 Å². The number of thiazole rings is 1. The van der Waals surface area contributed by atoms with Crippen LogP contribution in [0.4, 0.5) is 10.8 Å². The van der Waals surface area contributed by atoms with Gasteiger partial charge >= 0.3 is 0 Å². The largest absolute Gasteiger partial charge is 0.326 e. The standard InChI is InChI=1S/C19H19N3O2S2/c1-13-12-20-19(26-13)22-18(24)14-5-2-6-15(11-14)21-17(23)9-3-7-16-8-4-10-25-16/h2,4-6,8,10-12H,3,7,9H2,1H3,(H,21,23)(H,20,22,24). The van der Waals surface area contributed by atoms with Crippen molar-refractivity contribution in [2.75, 3.05) is 10.6 Å². The normalized spacial score (nSPS) is 10.5. The molecule has 0 radical (unpaired) electrons. The molecule has 5 nitrogen and oxygen atoms in total. The van der Waals surface area contributed by atoms with E-state index in [1.54, 1.807) is 41.8 Å². The van der Waals surface area contributed by atoms with Crippen molar-refractivity contribution in [3.8, 4) is 0 Å². The van der Waals surface area contributed by atoms with E-state index in [1.807, 2.05) is 18.4 Å². The lowest BCUT2D eigenvalue weighted by atomic mass is 10.1. The van der Waals surface area contributed by atoms with Gasteiger partial charge in [0, 0.05) is 33.6 Å². The van der Waals surface area contributed by atoms with E-state index in [9.17, 15) is 9.59 Å². The zero-order chi connectivity index (χ0) is 18.4. The van der Waals surface area contributed by atoms with Crippen molar-refractivity contribution < 1.29 is 9.59 Å². The summed E-state index contributed by atoms with van der Waals surface area (Å²) in [6.45, 7) is 1.93. The molecule has 0 spiro atoms. The van der Waals surface area contributed by atoms with Crippen LogP contribution in [-0.4, -0.2) is 16.8 Å². The molecule has 0 aliphatic heterocycles. The highest BCUT2D eigenvalue weighted by Crippen LogP contribution is 2.19. The number of aromatic nitrogens is 1. The molecule has 0 saturated carbocycles. The first kappa shape index (κ1) is 18.3. The third-order valence-electron chi connectivity index (χ3n) is 3.66. The lowest BCUT2D eigenvalue weighted by Crippen LogP contribution is -2.14. The summed E-state index contributed by atoms with van der Waals surface area (Å²) in [6, 6.07) is 11.0. The minimum absolute atomic E-state index is 0.0466. The fourth-order valence-corrected chi connectivity index (χ4v) is 3.83. The minimum atomic E-state index is -0.242. The molecule has 2 heterocycles. The molecule has 0 aliphatic carbocycles. The second-order valence-corrected chi connectivity index (χ2v) is 8.06. The molecule has 0 unspecified atom stereocenters. The Balaban J connectivity index is 1.52. The van der Waals surface area contributed by atoms with E-state index in [0.717, 1.165) is 17.7 Å². The van der Waals surface area contributed by atoms with E-state index in [0.29, 0.717) is 22.8 Å². The van der Waals surface area contributed by atoms with Crippen molar-refractivity contribution in [3.63, 3.8) is 0 Å². The second-order valence-electron chi connectivity index (χ2n) is 5.79. The maximum Gasteiger partial charge on any atom is 0.257 e. The van der Waals surface area contributed by atoms with Crippen LogP contribution in [0, 0.1) is 6.92 Å². The quantitative estimate of drug-likeness (QED) is 0.618. The highest BCUT2D eigenvalue weighted by molar-refractivity contribution is 7.15. The zero-order valence-electron chi connectivity index (χ0n) is 14.3. The van der Waals surface area contributed by atoms with Crippen molar-refractivity contribution in [1.82, 2.24) is 4.98 Å². The van der Waals surface area contributed by atoms with Gasteiger partial charge in [0.1, 0.15) is 0 Å². The number of benzene rings is 1.